The number of aromatic nitrogens is 4. The third-order valence-corrected chi connectivity index (χ3v) is 5.57. The Balaban J connectivity index is 1.24. The fourth-order valence-electron chi connectivity index (χ4n) is 3.37. The molecule has 0 unspecified atom stereocenters. The zero-order valence-electron chi connectivity index (χ0n) is 20.3. The molecule has 0 saturated heterocycles. The molecule has 0 saturated carbocycles. The van der Waals surface area contributed by atoms with Crippen molar-refractivity contribution in [2.24, 2.45) is 0 Å². The van der Waals surface area contributed by atoms with Gasteiger partial charge in [0.1, 0.15) is 13.2 Å². The second-order valence-electron chi connectivity index (χ2n) is 8.15. The van der Waals surface area contributed by atoms with Crippen molar-refractivity contribution in [3.63, 3.8) is 0 Å². The fraction of sp³-hybridized carbons (Fsp3) is 0.192. The van der Waals surface area contributed by atoms with E-state index in [0.29, 0.717) is 17.3 Å². The molecule has 0 aliphatic rings. The molecule has 0 fully saturated rings. The number of nitrogens with zero attached hydrogens (tertiary/aromatic N) is 4. The molecule has 0 aliphatic heterocycles. The van der Waals surface area contributed by atoms with Crippen LogP contribution in [-0.4, -0.2) is 38.5 Å². The Bertz CT molecular complexity index is 1330. The van der Waals surface area contributed by atoms with E-state index in [1.54, 1.807) is 28.9 Å². The van der Waals surface area contributed by atoms with E-state index in [0.717, 1.165) is 28.2 Å². The topological polar surface area (TPSA) is 123 Å². The molecule has 184 valence electrons. The lowest BCUT2D eigenvalue weighted by atomic mass is 10.2. The van der Waals surface area contributed by atoms with Crippen molar-refractivity contribution >= 4 is 29.2 Å². The first-order valence-electron chi connectivity index (χ1n) is 11.4. The summed E-state index contributed by atoms with van der Waals surface area (Å²) in [6.07, 6.45) is -0.659. The number of alkyl carbamates (subject to hydrolysis) is 1. The lowest BCUT2D eigenvalue weighted by Gasteiger charge is -2.10. The van der Waals surface area contributed by atoms with E-state index in [1.165, 1.54) is 0 Å². The average Bonchev–Trinajstić information content (AvgIpc) is 3.15. The number of hydrogen-bond donors (Lipinski definition) is 3. The van der Waals surface area contributed by atoms with Crippen molar-refractivity contribution in [2.45, 2.75) is 27.4 Å². The predicted octanol–water partition coefficient (Wildman–Crippen LogP) is 4.20. The highest BCUT2D eigenvalue weighted by Gasteiger charge is 2.11. The Kier molecular flexibility index (Phi) is 7.54. The largest absolute Gasteiger partial charge is 0.445 e. The van der Waals surface area contributed by atoms with E-state index >= 15 is 0 Å². The lowest BCUT2D eigenvalue weighted by molar-refractivity contribution is -0.115. The first kappa shape index (κ1) is 24.4. The van der Waals surface area contributed by atoms with Gasteiger partial charge < -0.3 is 20.7 Å². The van der Waals surface area contributed by atoms with Gasteiger partial charge in [0.15, 0.2) is 11.6 Å². The van der Waals surface area contributed by atoms with Gasteiger partial charge in [0.05, 0.1) is 5.69 Å². The van der Waals surface area contributed by atoms with Gasteiger partial charge in [-0.15, -0.1) is 10.2 Å². The van der Waals surface area contributed by atoms with Crippen LogP contribution in [0.25, 0.3) is 5.82 Å². The first-order chi connectivity index (χ1) is 17.4. The van der Waals surface area contributed by atoms with Gasteiger partial charge in [0, 0.05) is 17.1 Å². The molecule has 2 aromatic carbocycles. The van der Waals surface area contributed by atoms with Gasteiger partial charge in [-0.25, -0.2) is 9.48 Å². The zero-order chi connectivity index (χ0) is 25.5. The Labute approximate surface area is 208 Å². The molecule has 0 spiro atoms. The smallest absolute Gasteiger partial charge is 0.407 e. The predicted molar refractivity (Wildman–Crippen MR) is 136 cm³/mol. The van der Waals surface area contributed by atoms with Crippen LogP contribution in [0.1, 0.15) is 22.5 Å². The standard InChI is InChI=1S/C26H27N7O3/c1-17-18(2)32-33(19(17)3)24-14-13-23(30-31-24)28-21-9-11-22(12-10-21)29-25(34)15-27-26(35)36-16-20-7-5-4-6-8-20/h4-14H,15-16H2,1-3H3,(H,27,35)(H,28,30)(H,29,34). The normalized spacial score (nSPS) is 10.5. The van der Waals surface area contributed by atoms with Crippen LogP contribution in [-0.2, 0) is 16.1 Å². The van der Waals surface area contributed by atoms with Gasteiger partial charge in [0.25, 0.3) is 0 Å². The lowest BCUT2D eigenvalue weighted by Crippen LogP contribution is -2.33. The van der Waals surface area contributed by atoms with Crippen LogP contribution in [0.5, 0.6) is 0 Å². The van der Waals surface area contributed by atoms with Crippen molar-refractivity contribution in [1.29, 1.82) is 0 Å². The average molecular weight is 486 g/mol. The van der Waals surface area contributed by atoms with E-state index < -0.39 is 6.09 Å². The van der Waals surface area contributed by atoms with E-state index in [1.807, 2.05) is 63.2 Å². The quantitative estimate of drug-likeness (QED) is 0.342. The van der Waals surface area contributed by atoms with Crippen LogP contribution in [0.3, 0.4) is 0 Å². The number of benzene rings is 2. The monoisotopic (exact) mass is 485 g/mol. The molecular weight excluding hydrogens is 458 g/mol. The molecule has 10 nitrogen and oxygen atoms in total. The molecule has 4 rings (SSSR count). The summed E-state index contributed by atoms with van der Waals surface area (Å²) in [6, 6.07) is 20.1. The molecule has 2 heterocycles. The van der Waals surface area contributed by atoms with Crippen molar-refractivity contribution in [2.75, 3.05) is 17.2 Å². The van der Waals surface area contributed by atoms with Crippen LogP contribution in [0.4, 0.5) is 22.0 Å². The number of hydrogen-bond acceptors (Lipinski definition) is 7. The number of ether oxygens (including phenoxy) is 1. The third-order valence-electron chi connectivity index (χ3n) is 5.57. The zero-order valence-corrected chi connectivity index (χ0v) is 20.3. The minimum atomic E-state index is -0.659. The Morgan fingerprint density at radius 3 is 2.25 bits per heavy atom. The highest BCUT2D eigenvalue weighted by atomic mass is 16.5. The third kappa shape index (κ3) is 6.23. The van der Waals surface area contributed by atoms with Gasteiger partial charge in [-0.05, 0) is 68.3 Å². The number of carbonyl (C=O) groups is 2. The van der Waals surface area contributed by atoms with E-state index in [4.69, 9.17) is 4.74 Å². The second-order valence-corrected chi connectivity index (χ2v) is 8.15. The number of anilines is 3. The highest BCUT2D eigenvalue weighted by Crippen LogP contribution is 2.19. The van der Waals surface area contributed by atoms with Crippen LogP contribution in [0.2, 0.25) is 0 Å². The Morgan fingerprint density at radius 1 is 0.889 bits per heavy atom. The van der Waals surface area contributed by atoms with Crippen LogP contribution in [0, 0.1) is 20.8 Å². The summed E-state index contributed by atoms with van der Waals surface area (Å²) in [6.45, 7) is 5.92. The Hall–Kier alpha value is -4.73. The summed E-state index contributed by atoms with van der Waals surface area (Å²) < 4.78 is 6.87. The van der Waals surface area contributed by atoms with E-state index in [-0.39, 0.29) is 19.1 Å². The summed E-state index contributed by atoms with van der Waals surface area (Å²) in [4.78, 5) is 23.9. The minimum Gasteiger partial charge on any atom is -0.445 e. The number of aryl methyl sites for hydroxylation is 1. The van der Waals surface area contributed by atoms with E-state index in [2.05, 4.69) is 31.2 Å². The minimum absolute atomic E-state index is 0.137. The molecule has 0 aliphatic carbocycles. The number of nitrogens with one attached hydrogen (secondary N) is 3. The molecule has 0 bridgehead atoms. The first-order valence-corrected chi connectivity index (χ1v) is 11.4. The van der Waals surface area contributed by atoms with Crippen molar-refractivity contribution in [1.82, 2.24) is 25.3 Å². The van der Waals surface area contributed by atoms with Gasteiger partial charge in [-0.1, -0.05) is 30.3 Å². The van der Waals surface area contributed by atoms with Crippen LogP contribution >= 0.6 is 0 Å². The molecule has 0 atom stereocenters. The maximum atomic E-state index is 12.1. The SMILES string of the molecule is Cc1nn(-c2ccc(Nc3ccc(NC(=O)CNC(=O)OCc4ccccc4)cc3)nn2)c(C)c1C. The van der Waals surface area contributed by atoms with Gasteiger partial charge in [-0.3, -0.25) is 4.79 Å². The maximum Gasteiger partial charge on any atom is 0.407 e. The number of rotatable bonds is 8. The molecule has 10 heteroatoms. The molecule has 3 N–H and O–H groups in total. The number of carbonyl (C=O) groups excluding carboxylic acids is 2. The van der Waals surface area contributed by atoms with Gasteiger partial charge in [0.2, 0.25) is 5.91 Å². The van der Waals surface area contributed by atoms with Crippen molar-refractivity contribution < 1.29 is 14.3 Å². The summed E-state index contributed by atoms with van der Waals surface area (Å²) in [5.74, 6) is 0.852. The molecule has 2 amide bonds. The Morgan fingerprint density at radius 2 is 1.61 bits per heavy atom. The number of amides is 2. The molecular formula is C26H27N7O3. The maximum absolute atomic E-state index is 12.1. The molecule has 0 radical (unpaired) electrons. The van der Waals surface area contributed by atoms with Crippen molar-refractivity contribution in [3.8, 4) is 5.82 Å². The summed E-state index contributed by atoms with van der Waals surface area (Å²) >= 11 is 0. The molecule has 36 heavy (non-hydrogen) atoms. The summed E-state index contributed by atoms with van der Waals surface area (Å²) in [5.41, 5.74) is 5.35. The van der Waals surface area contributed by atoms with Gasteiger partial charge >= 0.3 is 6.09 Å². The van der Waals surface area contributed by atoms with Gasteiger partial charge in [-0.2, -0.15) is 5.10 Å². The van der Waals surface area contributed by atoms with Crippen LogP contribution < -0.4 is 16.0 Å². The van der Waals surface area contributed by atoms with Crippen LogP contribution in [0.15, 0.2) is 66.7 Å². The molecule has 4 aromatic rings. The fourth-order valence-corrected chi connectivity index (χ4v) is 3.37. The van der Waals surface area contributed by atoms with Crippen molar-refractivity contribution in [3.05, 3.63) is 89.2 Å². The van der Waals surface area contributed by atoms with E-state index in [9.17, 15) is 9.59 Å². The molecule has 2 aromatic heterocycles. The highest BCUT2D eigenvalue weighted by molar-refractivity contribution is 5.94. The second kappa shape index (κ2) is 11.1. The summed E-state index contributed by atoms with van der Waals surface area (Å²) in [5, 5.41) is 21.3. The summed E-state index contributed by atoms with van der Waals surface area (Å²) in [7, 11) is 0.